The number of ether oxygens (including phenoxy) is 2. The topological polar surface area (TPSA) is 78.4 Å². The molecule has 0 N–H and O–H groups in total. The number of hydrogen-bond donors (Lipinski definition) is 0. The van der Waals surface area contributed by atoms with Gasteiger partial charge in [-0.2, -0.15) is 0 Å². The first-order valence-electron chi connectivity index (χ1n) is 10.6. The lowest BCUT2D eigenvalue weighted by Gasteiger charge is -2.29. The number of nitrogens with zero attached hydrogens (tertiary/aromatic N) is 2. The Balaban J connectivity index is 1.54. The summed E-state index contributed by atoms with van der Waals surface area (Å²) in [6, 6.07) is 25.1. The largest absolute Gasteiger partial charge is 0.426 e. The van der Waals surface area contributed by atoms with Gasteiger partial charge in [0.1, 0.15) is 11.5 Å². The molecule has 5 rings (SSSR count). The minimum Gasteiger partial charge on any atom is -0.426 e. The molecule has 0 radical (unpaired) electrons. The van der Waals surface area contributed by atoms with Gasteiger partial charge in [0.05, 0.1) is 24.2 Å². The van der Waals surface area contributed by atoms with Crippen LogP contribution in [-0.2, 0) is 15.0 Å². The Morgan fingerprint density at radius 1 is 0.606 bits per heavy atom. The van der Waals surface area contributed by atoms with E-state index in [2.05, 4.69) is 9.97 Å². The van der Waals surface area contributed by atoms with Crippen LogP contribution in [0.5, 0.6) is 11.5 Å². The number of pyridine rings is 2. The van der Waals surface area contributed by atoms with E-state index in [9.17, 15) is 9.59 Å². The van der Waals surface area contributed by atoms with Crippen LogP contribution in [0.2, 0.25) is 0 Å². The second-order valence-corrected chi connectivity index (χ2v) is 7.81. The lowest BCUT2D eigenvalue weighted by atomic mass is 9.73. The zero-order valence-electron chi connectivity index (χ0n) is 17.7. The van der Waals surface area contributed by atoms with E-state index in [0.29, 0.717) is 22.9 Å². The molecule has 33 heavy (non-hydrogen) atoms. The highest BCUT2D eigenvalue weighted by Crippen LogP contribution is 2.51. The first kappa shape index (κ1) is 20.6. The normalized spacial score (nSPS) is 13.0. The fraction of sp³-hybridized carbons (Fsp3) is 0.111. The fourth-order valence-corrected chi connectivity index (χ4v) is 4.35. The van der Waals surface area contributed by atoms with Crippen LogP contribution in [0.25, 0.3) is 11.4 Å². The Labute approximate surface area is 190 Å². The molecule has 0 atom stereocenters. The number of benzene rings is 2. The van der Waals surface area contributed by atoms with Crippen molar-refractivity contribution in [3.8, 4) is 22.9 Å². The summed E-state index contributed by atoms with van der Waals surface area (Å²) in [5.41, 5.74) is 1.83. The van der Waals surface area contributed by atoms with Gasteiger partial charge in [-0.15, -0.1) is 0 Å². The Kier molecular flexibility index (Phi) is 5.40. The zero-order valence-corrected chi connectivity index (χ0v) is 17.7. The molecule has 1 aliphatic carbocycles. The molecule has 0 amide bonds. The zero-order chi connectivity index (χ0) is 22.7. The standard InChI is InChI=1S/C27H20N2O4/c30-23(32-19-9-3-1-4-10-19)17-27(18-24(31)33-20-11-5-2-6-12-20)21-13-7-15-28-25(21)26-22(27)14-8-16-29-26/h1-16H,17-18H2. The highest BCUT2D eigenvalue weighted by atomic mass is 16.5. The lowest BCUT2D eigenvalue weighted by Crippen LogP contribution is -2.34. The molecule has 6 heteroatoms. The van der Waals surface area contributed by atoms with Gasteiger partial charge in [-0.25, -0.2) is 0 Å². The lowest BCUT2D eigenvalue weighted by molar-refractivity contribution is -0.138. The maximum atomic E-state index is 13.1. The summed E-state index contributed by atoms with van der Waals surface area (Å²) in [5, 5.41) is 0. The number of para-hydroxylation sites is 2. The van der Waals surface area contributed by atoms with E-state index in [1.165, 1.54) is 0 Å². The number of hydrogen-bond acceptors (Lipinski definition) is 6. The summed E-state index contributed by atoms with van der Waals surface area (Å²) in [5.74, 6) is -0.0268. The molecule has 0 spiro atoms. The van der Waals surface area contributed by atoms with Crippen LogP contribution in [0.4, 0.5) is 0 Å². The number of rotatable bonds is 6. The van der Waals surface area contributed by atoms with E-state index in [1.807, 2.05) is 24.3 Å². The van der Waals surface area contributed by atoms with Crippen LogP contribution in [-0.4, -0.2) is 21.9 Å². The Hall–Kier alpha value is -4.32. The van der Waals surface area contributed by atoms with E-state index in [-0.39, 0.29) is 12.8 Å². The average molecular weight is 436 g/mol. The van der Waals surface area contributed by atoms with Gasteiger partial charge in [0.15, 0.2) is 0 Å². The van der Waals surface area contributed by atoms with E-state index in [1.54, 1.807) is 73.1 Å². The molecule has 0 fully saturated rings. The maximum Gasteiger partial charge on any atom is 0.312 e. The number of esters is 2. The molecule has 0 unspecified atom stereocenters. The molecule has 0 bridgehead atoms. The van der Waals surface area contributed by atoms with Gasteiger partial charge < -0.3 is 9.47 Å². The van der Waals surface area contributed by atoms with Gasteiger partial charge in [0.2, 0.25) is 0 Å². The molecule has 6 nitrogen and oxygen atoms in total. The number of fused-ring (bicyclic) bond motifs is 3. The summed E-state index contributed by atoms with van der Waals surface area (Å²) in [7, 11) is 0. The average Bonchev–Trinajstić information content (AvgIpc) is 3.10. The second-order valence-electron chi connectivity index (χ2n) is 7.81. The predicted molar refractivity (Wildman–Crippen MR) is 122 cm³/mol. The van der Waals surface area contributed by atoms with Crippen molar-refractivity contribution in [3.05, 3.63) is 108 Å². The third-order valence-corrected chi connectivity index (χ3v) is 5.71. The summed E-state index contributed by atoms with van der Waals surface area (Å²) in [6.45, 7) is 0. The van der Waals surface area contributed by atoms with Crippen molar-refractivity contribution in [1.29, 1.82) is 0 Å². The smallest absolute Gasteiger partial charge is 0.312 e. The Morgan fingerprint density at radius 3 is 1.45 bits per heavy atom. The van der Waals surface area contributed by atoms with Crippen LogP contribution < -0.4 is 9.47 Å². The fourth-order valence-electron chi connectivity index (χ4n) is 4.35. The number of aromatic nitrogens is 2. The van der Waals surface area contributed by atoms with Crippen LogP contribution >= 0.6 is 0 Å². The van der Waals surface area contributed by atoms with Crippen LogP contribution in [0.3, 0.4) is 0 Å². The summed E-state index contributed by atoms with van der Waals surface area (Å²) in [6.07, 6.45) is 3.22. The van der Waals surface area contributed by atoms with Gasteiger partial charge in [0, 0.05) is 17.8 Å². The quantitative estimate of drug-likeness (QED) is 0.321. The molecule has 4 aromatic rings. The van der Waals surface area contributed by atoms with Crippen LogP contribution in [0, 0.1) is 0 Å². The molecule has 2 heterocycles. The van der Waals surface area contributed by atoms with Gasteiger partial charge in [-0.3, -0.25) is 19.6 Å². The SMILES string of the molecule is O=C(CC1(CC(=O)Oc2ccccc2)c2cccnc2-c2ncccc21)Oc1ccccc1. The first-order chi connectivity index (χ1) is 16.2. The third-order valence-electron chi connectivity index (χ3n) is 5.71. The minimum absolute atomic E-state index is 0.0663. The molecule has 0 saturated carbocycles. The summed E-state index contributed by atoms with van der Waals surface area (Å²) >= 11 is 0. The maximum absolute atomic E-state index is 13.1. The van der Waals surface area contributed by atoms with Crippen molar-refractivity contribution in [1.82, 2.24) is 9.97 Å². The first-order valence-corrected chi connectivity index (χ1v) is 10.6. The van der Waals surface area contributed by atoms with Crippen molar-refractivity contribution >= 4 is 11.9 Å². The van der Waals surface area contributed by atoms with E-state index in [0.717, 1.165) is 11.1 Å². The number of carbonyl (C=O) groups excluding carboxylic acids is 2. The Morgan fingerprint density at radius 2 is 1.03 bits per heavy atom. The molecule has 1 aliphatic rings. The van der Waals surface area contributed by atoms with E-state index < -0.39 is 17.4 Å². The Bertz CT molecular complexity index is 1200. The molecule has 162 valence electrons. The molecule has 2 aromatic carbocycles. The van der Waals surface area contributed by atoms with Crippen molar-refractivity contribution in [2.75, 3.05) is 0 Å². The van der Waals surface area contributed by atoms with Crippen molar-refractivity contribution in [2.45, 2.75) is 18.3 Å². The molecule has 0 aliphatic heterocycles. The van der Waals surface area contributed by atoms with E-state index in [4.69, 9.17) is 9.47 Å². The second kappa shape index (κ2) is 8.67. The van der Waals surface area contributed by atoms with Crippen molar-refractivity contribution < 1.29 is 19.1 Å². The third kappa shape index (κ3) is 3.99. The molecular weight excluding hydrogens is 416 g/mol. The van der Waals surface area contributed by atoms with Gasteiger partial charge >= 0.3 is 11.9 Å². The highest BCUT2D eigenvalue weighted by molar-refractivity contribution is 5.86. The van der Waals surface area contributed by atoms with Gasteiger partial charge in [-0.1, -0.05) is 48.5 Å². The monoisotopic (exact) mass is 436 g/mol. The van der Waals surface area contributed by atoms with Crippen LogP contribution in [0.15, 0.2) is 97.3 Å². The van der Waals surface area contributed by atoms with Crippen molar-refractivity contribution in [2.24, 2.45) is 0 Å². The predicted octanol–water partition coefficient (Wildman–Crippen LogP) is 4.73. The molecule has 2 aromatic heterocycles. The minimum atomic E-state index is -1.01. The summed E-state index contributed by atoms with van der Waals surface area (Å²) < 4.78 is 11.2. The van der Waals surface area contributed by atoms with Gasteiger partial charge in [0.25, 0.3) is 0 Å². The van der Waals surface area contributed by atoms with E-state index >= 15 is 0 Å². The highest BCUT2D eigenvalue weighted by Gasteiger charge is 2.48. The molecular formula is C27H20N2O4. The number of carbonyl (C=O) groups is 2. The van der Waals surface area contributed by atoms with Crippen molar-refractivity contribution in [3.63, 3.8) is 0 Å². The molecule has 0 saturated heterocycles. The van der Waals surface area contributed by atoms with Crippen LogP contribution in [0.1, 0.15) is 24.0 Å². The van der Waals surface area contributed by atoms with Gasteiger partial charge in [-0.05, 0) is 47.5 Å². The summed E-state index contributed by atoms with van der Waals surface area (Å²) in [4.78, 5) is 35.3.